The summed E-state index contributed by atoms with van der Waals surface area (Å²) < 4.78 is 0. The second-order valence-corrected chi connectivity index (χ2v) is 3.75. The van der Waals surface area contributed by atoms with Crippen molar-refractivity contribution in [2.75, 3.05) is 5.32 Å². The van der Waals surface area contributed by atoms with E-state index in [9.17, 15) is 14.9 Å². The van der Waals surface area contributed by atoms with Crippen LogP contribution in [0.2, 0.25) is 0 Å². The van der Waals surface area contributed by atoms with Crippen LogP contribution in [0.5, 0.6) is 0 Å². The lowest BCUT2D eigenvalue weighted by atomic mass is 10.1. The van der Waals surface area contributed by atoms with Crippen molar-refractivity contribution in [2.45, 2.75) is 26.3 Å². The number of non-ortho nitro benzene ring substituents is 1. The van der Waals surface area contributed by atoms with Crippen LogP contribution < -0.4 is 5.32 Å². The van der Waals surface area contributed by atoms with Gasteiger partial charge in [0.05, 0.1) is 10.5 Å². The van der Waals surface area contributed by atoms with Gasteiger partial charge in [0.15, 0.2) is 0 Å². The molecule has 0 spiro atoms. The maximum absolute atomic E-state index is 11.0. The third-order valence-electron chi connectivity index (χ3n) is 2.46. The second-order valence-electron chi connectivity index (χ2n) is 3.75. The number of carbonyl (C=O) groups is 1. The van der Waals surface area contributed by atoms with Crippen LogP contribution in [0.1, 0.15) is 30.6 Å². The fraction of sp³-hybridized carbons (Fsp3) is 0.364. The van der Waals surface area contributed by atoms with Crippen LogP contribution in [-0.2, 0) is 0 Å². The molecule has 6 heteroatoms. The average Bonchev–Trinajstić information content (AvgIpc) is 2.28. The molecule has 0 heterocycles. The quantitative estimate of drug-likeness (QED) is 0.607. The number of aromatic carboxylic acids is 1. The van der Waals surface area contributed by atoms with Crippen molar-refractivity contribution in [3.63, 3.8) is 0 Å². The van der Waals surface area contributed by atoms with E-state index in [1.165, 1.54) is 12.1 Å². The molecular formula is C11H14N2O4. The molecule has 0 aromatic heterocycles. The fourth-order valence-electron chi connectivity index (χ4n) is 1.32. The number of carboxylic acid groups (broad SMARTS) is 1. The zero-order chi connectivity index (χ0) is 13.0. The van der Waals surface area contributed by atoms with Gasteiger partial charge in [-0.05, 0) is 19.4 Å². The Morgan fingerprint density at radius 2 is 2.24 bits per heavy atom. The summed E-state index contributed by atoms with van der Waals surface area (Å²) in [7, 11) is 0. The van der Waals surface area contributed by atoms with Gasteiger partial charge in [0.2, 0.25) is 0 Å². The molecule has 0 amide bonds. The Morgan fingerprint density at radius 1 is 1.59 bits per heavy atom. The van der Waals surface area contributed by atoms with Crippen molar-refractivity contribution >= 4 is 17.3 Å². The molecule has 0 fully saturated rings. The van der Waals surface area contributed by atoms with Crippen molar-refractivity contribution in [1.29, 1.82) is 0 Å². The summed E-state index contributed by atoms with van der Waals surface area (Å²) in [5, 5.41) is 22.6. The molecule has 1 rings (SSSR count). The Hall–Kier alpha value is -2.11. The summed E-state index contributed by atoms with van der Waals surface area (Å²) in [5.74, 6) is -1.18. The number of nitro benzene ring substituents is 1. The first-order valence-electron chi connectivity index (χ1n) is 5.24. The van der Waals surface area contributed by atoms with E-state index in [0.717, 1.165) is 12.5 Å². The highest BCUT2D eigenvalue weighted by Crippen LogP contribution is 2.23. The Balaban J connectivity index is 3.13. The lowest BCUT2D eigenvalue weighted by Gasteiger charge is -2.14. The Bertz CT molecular complexity index is 445. The van der Waals surface area contributed by atoms with E-state index in [0.29, 0.717) is 5.69 Å². The molecule has 0 radical (unpaired) electrons. The van der Waals surface area contributed by atoms with Gasteiger partial charge in [0.1, 0.15) is 0 Å². The number of nitro groups is 1. The molecule has 2 N–H and O–H groups in total. The van der Waals surface area contributed by atoms with Crippen LogP contribution >= 0.6 is 0 Å². The first kappa shape index (κ1) is 13.0. The number of hydrogen-bond donors (Lipinski definition) is 2. The van der Waals surface area contributed by atoms with Gasteiger partial charge < -0.3 is 10.4 Å². The largest absolute Gasteiger partial charge is 0.478 e. The van der Waals surface area contributed by atoms with Crippen LogP contribution in [-0.4, -0.2) is 22.0 Å². The highest BCUT2D eigenvalue weighted by Gasteiger charge is 2.16. The molecule has 1 aromatic carbocycles. The average molecular weight is 238 g/mol. The van der Waals surface area contributed by atoms with E-state index in [1.807, 2.05) is 13.8 Å². The molecule has 0 aliphatic heterocycles. The van der Waals surface area contributed by atoms with Crippen molar-refractivity contribution in [2.24, 2.45) is 0 Å². The van der Waals surface area contributed by atoms with E-state index in [-0.39, 0.29) is 17.3 Å². The smallest absolute Gasteiger partial charge is 0.338 e. The maximum atomic E-state index is 11.0. The van der Waals surface area contributed by atoms with Gasteiger partial charge >= 0.3 is 5.97 Å². The van der Waals surface area contributed by atoms with Crippen molar-refractivity contribution in [3.05, 3.63) is 33.9 Å². The van der Waals surface area contributed by atoms with Crippen molar-refractivity contribution in [3.8, 4) is 0 Å². The fourth-order valence-corrected chi connectivity index (χ4v) is 1.32. The molecule has 0 aliphatic rings. The third kappa shape index (κ3) is 3.17. The zero-order valence-corrected chi connectivity index (χ0v) is 9.64. The van der Waals surface area contributed by atoms with Gasteiger partial charge in [0.25, 0.3) is 5.69 Å². The summed E-state index contributed by atoms with van der Waals surface area (Å²) in [6.45, 7) is 3.87. The van der Waals surface area contributed by atoms with E-state index in [1.54, 1.807) is 0 Å². The SMILES string of the molecule is CCC(C)Nc1ccc([N+](=O)[O-])cc1C(=O)O. The second kappa shape index (κ2) is 5.29. The van der Waals surface area contributed by atoms with E-state index in [4.69, 9.17) is 5.11 Å². The lowest BCUT2D eigenvalue weighted by Crippen LogP contribution is -2.16. The highest BCUT2D eigenvalue weighted by atomic mass is 16.6. The predicted molar refractivity (Wildman–Crippen MR) is 63.4 cm³/mol. The summed E-state index contributed by atoms with van der Waals surface area (Å²) in [5.41, 5.74) is 0.0917. The zero-order valence-electron chi connectivity index (χ0n) is 9.64. The van der Waals surface area contributed by atoms with E-state index in [2.05, 4.69) is 5.32 Å². The summed E-state index contributed by atoms with van der Waals surface area (Å²) in [6.07, 6.45) is 0.829. The van der Waals surface area contributed by atoms with Crippen molar-refractivity contribution in [1.82, 2.24) is 0 Å². The monoisotopic (exact) mass is 238 g/mol. The normalized spacial score (nSPS) is 11.9. The van der Waals surface area contributed by atoms with Crippen LogP contribution in [0.4, 0.5) is 11.4 Å². The summed E-state index contributed by atoms with van der Waals surface area (Å²) >= 11 is 0. The predicted octanol–water partition coefficient (Wildman–Crippen LogP) is 2.50. The molecule has 0 saturated heterocycles. The number of nitrogens with one attached hydrogen (secondary N) is 1. The summed E-state index contributed by atoms with van der Waals surface area (Å²) in [4.78, 5) is 20.9. The number of rotatable bonds is 5. The van der Waals surface area contributed by atoms with Crippen LogP contribution in [0.15, 0.2) is 18.2 Å². The Kier molecular flexibility index (Phi) is 4.03. The molecule has 1 unspecified atom stereocenters. The third-order valence-corrected chi connectivity index (χ3v) is 2.46. The minimum atomic E-state index is -1.18. The molecule has 0 bridgehead atoms. The highest BCUT2D eigenvalue weighted by molar-refractivity contribution is 5.95. The van der Waals surface area contributed by atoms with E-state index < -0.39 is 10.9 Å². The van der Waals surface area contributed by atoms with E-state index >= 15 is 0 Å². The summed E-state index contributed by atoms with van der Waals surface area (Å²) in [6, 6.07) is 3.88. The molecular weight excluding hydrogens is 224 g/mol. The Labute approximate surface area is 98.4 Å². The molecule has 0 aliphatic carbocycles. The van der Waals surface area contributed by atoms with Gasteiger partial charge in [0, 0.05) is 23.9 Å². The topological polar surface area (TPSA) is 92.5 Å². The van der Waals surface area contributed by atoms with Gasteiger partial charge in [-0.2, -0.15) is 0 Å². The number of carboxylic acids is 1. The first-order valence-corrected chi connectivity index (χ1v) is 5.24. The number of nitrogens with zero attached hydrogens (tertiary/aromatic N) is 1. The molecule has 6 nitrogen and oxygen atoms in total. The van der Waals surface area contributed by atoms with Gasteiger partial charge in [-0.25, -0.2) is 4.79 Å². The van der Waals surface area contributed by atoms with Gasteiger partial charge in [-0.15, -0.1) is 0 Å². The minimum absolute atomic E-state index is 0.0838. The van der Waals surface area contributed by atoms with Gasteiger partial charge in [-0.3, -0.25) is 10.1 Å². The van der Waals surface area contributed by atoms with Gasteiger partial charge in [-0.1, -0.05) is 6.92 Å². The number of hydrogen-bond acceptors (Lipinski definition) is 4. The molecule has 92 valence electrons. The number of anilines is 1. The molecule has 17 heavy (non-hydrogen) atoms. The standard InChI is InChI=1S/C11H14N2O4/c1-3-7(2)12-10-5-4-8(13(16)17)6-9(10)11(14)15/h4-7,12H,3H2,1-2H3,(H,14,15). The van der Waals surface area contributed by atoms with Crippen LogP contribution in [0.25, 0.3) is 0 Å². The minimum Gasteiger partial charge on any atom is -0.478 e. The number of benzene rings is 1. The first-order chi connectivity index (χ1) is 7.95. The molecule has 1 aromatic rings. The van der Waals surface area contributed by atoms with Crippen molar-refractivity contribution < 1.29 is 14.8 Å². The molecule has 1 atom stereocenters. The van der Waals surface area contributed by atoms with Crippen LogP contribution in [0, 0.1) is 10.1 Å². The maximum Gasteiger partial charge on any atom is 0.338 e. The Morgan fingerprint density at radius 3 is 2.71 bits per heavy atom. The molecule has 0 saturated carbocycles. The van der Waals surface area contributed by atoms with Crippen LogP contribution in [0.3, 0.4) is 0 Å². The lowest BCUT2D eigenvalue weighted by molar-refractivity contribution is -0.384.